The molecule has 0 bridgehead atoms. The topological polar surface area (TPSA) is 38.7 Å². The van der Waals surface area contributed by atoms with Gasteiger partial charge in [0.1, 0.15) is 5.41 Å². The SMILES string of the molecule is C=CC[C@@]1(C(=O)OC(C)C)C=CCN=C1. The van der Waals surface area contributed by atoms with Crippen molar-refractivity contribution in [3.63, 3.8) is 0 Å². The number of hydrogen-bond donors (Lipinski definition) is 0. The average Bonchev–Trinajstić information content (AvgIpc) is 2.18. The van der Waals surface area contributed by atoms with Crippen LogP contribution in [-0.2, 0) is 9.53 Å². The highest BCUT2D eigenvalue weighted by Gasteiger charge is 2.36. The van der Waals surface area contributed by atoms with E-state index in [1.807, 2.05) is 26.0 Å². The maximum absolute atomic E-state index is 11.9. The van der Waals surface area contributed by atoms with Gasteiger partial charge in [0.05, 0.1) is 12.6 Å². The molecule has 0 amide bonds. The quantitative estimate of drug-likeness (QED) is 0.523. The maximum Gasteiger partial charge on any atom is 0.321 e. The molecule has 15 heavy (non-hydrogen) atoms. The first-order valence-corrected chi connectivity index (χ1v) is 5.11. The fourth-order valence-corrected chi connectivity index (χ4v) is 1.47. The summed E-state index contributed by atoms with van der Waals surface area (Å²) in [6, 6.07) is 0. The van der Waals surface area contributed by atoms with Crippen molar-refractivity contribution in [3.8, 4) is 0 Å². The monoisotopic (exact) mass is 207 g/mol. The van der Waals surface area contributed by atoms with E-state index < -0.39 is 5.41 Å². The lowest BCUT2D eigenvalue weighted by atomic mass is 9.84. The van der Waals surface area contributed by atoms with Crippen LogP contribution in [0.15, 0.2) is 29.8 Å². The summed E-state index contributed by atoms with van der Waals surface area (Å²) in [7, 11) is 0. The second kappa shape index (κ2) is 4.91. The van der Waals surface area contributed by atoms with Crippen molar-refractivity contribution in [3.05, 3.63) is 24.8 Å². The van der Waals surface area contributed by atoms with E-state index in [2.05, 4.69) is 11.6 Å². The molecule has 0 N–H and O–H groups in total. The molecular formula is C12H17NO2. The standard InChI is InChI=1S/C12H17NO2/c1-4-6-12(7-5-8-13-9-12)11(14)15-10(2)3/h4-5,7,9-10H,1,6,8H2,2-3H3/t12-/m1/s1. The van der Waals surface area contributed by atoms with Gasteiger partial charge in [-0.1, -0.05) is 18.2 Å². The van der Waals surface area contributed by atoms with Crippen LogP contribution in [0.1, 0.15) is 20.3 Å². The zero-order valence-corrected chi connectivity index (χ0v) is 9.27. The van der Waals surface area contributed by atoms with Crippen LogP contribution in [0, 0.1) is 5.41 Å². The summed E-state index contributed by atoms with van der Waals surface area (Å²) < 4.78 is 5.22. The van der Waals surface area contributed by atoms with Gasteiger partial charge in [0.25, 0.3) is 0 Å². The minimum atomic E-state index is -0.732. The number of hydrogen-bond acceptors (Lipinski definition) is 3. The van der Waals surface area contributed by atoms with Gasteiger partial charge in [-0.25, -0.2) is 0 Å². The summed E-state index contributed by atoms with van der Waals surface area (Å²) in [6.45, 7) is 7.96. The molecule has 1 aliphatic heterocycles. The van der Waals surface area contributed by atoms with Crippen molar-refractivity contribution >= 4 is 12.2 Å². The lowest BCUT2D eigenvalue weighted by Crippen LogP contribution is -2.35. The molecular weight excluding hydrogens is 190 g/mol. The van der Waals surface area contributed by atoms with Gasteiger partial charge in [0, 0.05) is 6.21 Å². The van der Waals surface area contributed by atoms with Crippen molar-refractivity contribution in [2.24, 2.45) is 10.4 Å². The van der Waals surface area contributed by atoms with E-state index in [0.717, 1.165) is 0 Å². The van der Waals surface area contributed by atoms with E-state index in [-0.39, 0.29) is 12.1 Å². The molecule has 0 aromatic rings. The Kier molecular flexibility index (Phi) is 3.83. The molecule has 0 saturated carbocycles. The lowest BCUT2D eigenvalue weighted by molar-refractivity contribution is -0.153. The summed E-state index contributed by atoms with van der Waals surface area (Å²) in [5.41, 5.74) is -0.732. The normalized spacial score (nSPS) is 24.2. The molecule has 0 spiro atoms. The summed E-state index contributed by atoms with van der Waals surface area (Å²) in [5, 5.41) is 0. The molecule has 0 radical (unpaired) electrons. The van der Waals surface area contributed by atoms with E-state index in [1.54, 1.807) is 12.3 Å². The first-order valence-electron chi connectivity index (χ1n) is 5.11. The molecule has 0 fully saturated rings. The molecule has 1 rings (SSSR count). The molecule has 1 atom stereocenters. The summed E-state index contributed by atoms with van der Waals surface area (Å²) in [6.07, 6.45) is 7.53. The van der Waals surface area contributed by atoms with Crippen LogP contribution in [0.25, 0.3) is 0 Å². The molecule has 1 aliphatic rings. The third-order valence-corrected chi connectivity index (χ3v) is 2.15. The number of carbonyl (C=O) groups excluding carboxylic acids is 1. The van der Waals surface area contributed by atoms with Gasteiger partial charge in [-0.2, -0.15) is 0 Å². The molecule has 0 saturated heterocycles. The van der Waals surface area contributed by atoms with Crippen LogP contribution >= 0.6 is 0 Å². The molecule has 3 heteroatoms. The van der Waals surface area contributed by atoms with Crippen molar-refractivity contribution in [2.45, 2.75) is 26.4 Å². The lowest BCUT2D eigenvalue weighted by Gasteiger charge is -2.25. The fourth-order valence-electron chi connectivity index (χ4n) is 1.47. The molecule has 0 aromatic heterocycles. The highest BCUT2D eigenvalue weighted by molar-refractivity contribution is 5.98. The fraction of sp³-hybridized carbons (Fsp3) is 0.500. The Labute approximate surface area is 90.5 Å². The van der Waals surface area contributed by atoms with Crippen molar-refractivity contribution < 1.29 is 9.53 Å². The summed E-state index contributed by atoms with van der Waals surface area (Å²) >= 11 is 0. The van der Waals surface area contributed by atoms with Gasteiger partial charge >= 0.3 is 5.97 Å². The summed E-state index contributed by atoms with van der Waals surface area (Å²) in [4.78, 5) is 16.0. The van der Waals surface area contributed by atoms with Crippen molar-refractivity contribution in [1.29, 1.82) is 0 Å². The number of dihydropyridines is 1. The summed E-state index contributed by atoms with van der Waals surface area (Å²) in [5.74, 6) is -0.253. The molecule has 0 unspecified atom stereocenters. The Morgan fingerprint density at radius 1 is 1.73 bits per heavy atom. The van der Waals surface area contributed by atoms with E-state index in [4.69, 9.17) is 4.74 Å². The zero-order chi connectivity index (χ0) is 11.3. The van der Waals surface area contributed by atoms with Crippen LogP contribution < -0.4 is 0 Å². The Morgan fingerprint density at radius 3 is 2.93 bits per heavy atom. The number of allylic oxidation sites excluding steroid dienone is 1. The van der Waals surface area contributed by atoms with E-state index in [1.165, 1.54) is 0 Å². The third kappa shape index (κ3) is 2.78. The second-order valence-corrected chi connectivity index (χ2v) is 3.88. The highest BCUT2D eigenvalue weighted by atomic mass is 16.5. The van der Waals surface area contributed by atoms with Gasteiger partial charge in [-0.3, -0.25) is 9.79 Å². The predicted molar refractivity (Wildman–Crippen MR) is 61.0 cm³/mol. The van der Waals surface area contributed by atoms with Crippen LogP contribution in [0.3, 0.4) is 0 Å². The maximum atomic E-state index is 11.9. The molecule has 1 heterocycles. The number of ether oxygens (including phenoxy) is 1. The Morgan fingerprint density at radius 2 is 2.47 bits per heavy atom. The predicted octanol–water partition coefficient (Wildman–Crippen LogP) is 2.14. The largest absolute Gasteiger partial charge is 0.462 e. The van der Waals surface area contributed by atoms with Gasteiger partial charge in [0.15, 0.2) is 0 Å². The van der Waals surface area contributed by atoms with E-state index >= 15 is 0 Å². The van der Waals surface area contributed by atoms with Gasteiger partial charge in [-0.15, -0.1) is 6.58 Å². The first-order chi connectivity index (χ1) is 7.10. The first kappa shape index (κ1) is 11.7. The number of carbonyl (C=O) groups is 1. The van der Waals surface area contributed by atoms with Gasteiger partial charge in [-0.05, 0) is 20.3 Å². The molecule has 82 valence electrons. The van der Waals surface area contributed by atoms with Crippen LogP contribution in [0.4, 0.5) is 0 Å². The minimum absolute atomic E-state index is 0.108. The Hall–Kier alpha value is -1.38. The second-order valence-electron chi connectivity index (χ2n) is 3.88. The Bertz CT molecular complexity index is 291. The zero-order valence-electron chi connectivity index (χ0n) is 9.27. The molecule has 0 aliphatic carbocycles. The number of rotatable bonds is 4. The van der Waals surface area contributed by atoms with Crippen molar-refractivity contribution in [2.75, 3.05) is 6.54 Å². The van der Waals surface area contributed by atoms with Crippen LogP contribution in [0.5, 0.6) is 0 Å². The average molecular weight is 207 g/mol. The minimum Gasteiger partial charge on any atom is -0.462 e. The smallest absolute Gasteiger partial charge is 0.321 e. The third-order valence-electron chi connectivity index (χ3n) is 2.15. The number of nitrogens with zero attached hydrogens (tertiary/aromatic N) is 1. The highest BCUT2D eigenvalue weighted by Crippen LogP contribution is 2.27. The van der Waals surface area contributed by atoms with Gasteiger partial charge in [0.2, 0.25) is 0 Å². The Balaban J connectivity index is 2.85. The van der Waals surface area contributed by atoms with E-state index in [9.17, 15) is 4.79 Å². The molecule has 0 aromatic carbocycles. The number of esters is 1. The van der Waals surface area contributed by atoms with Crippen LogP contribution in [-0.4, -0.2) is 24.8 Å². The van der Waals surface area contributed by atoms with E-state index in [0.29, 0.717) is 13.0 Å². The number of aliphatic imine (C=N–C) groups is 1. The van der Waals surface area contributed by atoms with Crippen LogP contribution in [0.2, 0.25) is 0 Å². The molecule has 3 nitrogen and oxygen atoms in total. The van der Waals surface area contributed by atoms with Gasteiger partial charge < -0.3 is 4.74 Å². The van der Waals surface area contributed by atoms with Crippen molar-refractivity contribution in [1.82, 2.24) is 0 Å².